The molecule has 0 saturated heterocycles. The van der Waals surface area contributed by atoms with Crippen molar-refractivity contribution in [1.29, 1.82) is 0 Å². The van der Waals surface area contributed by atoms with Crippen molar-refractivity contribution in [3.05, 3.63) is 17.2 Å². The van der Waals surface area contributed by atoms with Crippen molar-refractivity contribution in [1.82, 2.24) is 14.5 Å². The van der Waals surface area contributed by atoms with Crippen LogP contribution >= 0.6 is 0 Å². The quantitative estimate of drug-likeness (QED) is 0.837. The van der Waals surface area contributed by atoms with Crippen molar-refractivity contribution < 1.29 is 4.79 Å². The van der Waals surface area contributed by atoms with E-state index in [4.69, 9.17) is 0 Å². The van der Waals surface area contributed by atoms with Gasteiger partial charge < -0.3 is 9.47 Å². The molecular weight excluding hydrogens is 238 g/mol. The Bertz CT molecular complexity index is 462. The van der Waals surface area contributed by atoms with Crippen LogP contribution in [0.5, 0.6) is 0 Å². The Morgan fingerprint density at radius 1 is 1.42 bits per heavy atom. The molecule has 0 aromatic carbocycles. The topological polar surface area (TPSA) is 38.1 Å². The standard InChI is InChI=1S/C15H25N3O/c1-5-8-13-16-14(15(19)17(3)4)12-10-7-9-11(6-2)18(12)13/h11H,5-10H2,1-4H3. The van der Waals surface area contributed by atoms with E-state index in [0.717, 1.165) is 31.5 Å². The monoisotopic (exact) mass is 263 g/mol. The minimum atomic E-state index is 0.0443. The fourth-order valence-electron chi connectivity index (χ4n) is 2.99. The minimum Gasteiger partial charge on any atom is -0.343 e. The van der Waals surface area contributed by atoms with E-state index in [9.17, 15) is 4.79 Å². The van der Waals surface area contributed by atoms with Gasteiger partial charge in [-0.05, 0) is 32.1 Å². The second kappa shape index (κ2) is 5.76. The van der Waals surface area contributed by atoms with Crippen LogP contribution in [-0.2, 0) is 12.8 Å². The van der Waals surface area contributed by atoms with Crippen molar-refractivity contribution in [2.75, 3.05) is 14.1 Å². The number of rotatable bonds is 4. The van der Waals surface area contributed by atoms with Crippen LogP contribution in [0.3, 0.4) is 0 Å². The fourth-order valence-corrected chi connectivity index (χ4v) is 2.99. The molecule has 1 aromatic rings. The molecule has 1 amide bonds. The van der Waals surface area contributed by atoms with Gasteiger partial charge >= 0.3 is 0 Å². The van der Waals surface area contributed by atoms with Crippen molar-refractivity contribution in [2.24, 2.45) is 0 Å². The lowest BCUT2D eigenvalue weighted by molar-refractivity contribution is 0.0820. The number of aromatic nitrogens is 2. The third-order valence-corrected chi connectivity index (χ3v) is 3.95. The van der Waals surface area contributed by atoms with Crippen LogP contribution in [0.15, 0.2) is 0 Å². The normalized spacial score (nSPS) is 18.2. The number of fused-ring (bicyclic) bond motifs is 1. The summed E-state index contributed by atoms with van der Waals surface area (Å²) in [5.74, 6) is 1.15. The number of carbonyl (C=O) groups excluding carboxylic acids is 1. The highest BCUT2D eigenvalue weighted by atomic mass is 16.2. The summed E-state index contributed by atoms with van der Waals surface area (Å²) in [5.41, 5.74) is 1.85. The zero-order valence-electron chi connectivity index (χ0n) is 12.6. The Kier molecular flexibility index (Phi) is 4.27. The number of hydrogen-bond acceptors (Lipinski definition) is 2. The van der Waals surface area contributed by atoms with Gasteiger partial charge in [0, 0.05) is 26.6 Å². The molecule has 0 bridgehead atoms. The number of carbonyl (C=O) groups is 1. The zero-order chi connectivity index (χ0) is 14.0. The highest BCUT2D eigenvalue weighted by Crippen LogP contribution is 2.31. The van der Waals surface area contributed by atoms with Gasteiger partial charge in [0.05, 0.1) is 5.69 Å². The molecule has 0 fully saturated rings. The van der Waals surface area contributed by atoms with Gasteiger partial charge in [-0.3, -0.25) is 4.79 Å². The van der Waals surface area contributed by atoms with Crippen LogP contribution < -0.4 is 0 Å². The van der Waals surface area contributed by atoms with Crippen molar-refractivity contribution in [3.63, 3.8) is 0 Å². The van der Waals surface area contributed by atoms with Crippen molar-refractivity contribution >= 4 is 5.91 Å². The summed E-state index contributed by atoms with van der Waals surface area (Å²) in [5, 5.41) is 0. The van der Waals surface area contributed by atoms with E-state index in [1.165, 1.54) is 18.5 Å². The van der Waals surface area contributed by atoms with Crippen LogP contribution in [0.4, 0.5) is 0 Å². The molecule has 4 nitrogen and oxygen atoms in total. The van der Waals surface area contributed by atoms with E-state index < -0.39 is 0 Å². The second-order valence-electron chi connectivity index (χ2n) is 5.60. The van der Waals surface area contributed by atoms with Crippen molar-refractivity contribution in [3.8, 4) is 0 Å². The predicted molar refractivity (Wildman–Crippen MR) is 76.5 cm³/mol. The van der Waals surface area contributed by atoms with Gasteiger partial charge in [-0.2, -0.15) is 0 Å². The van der Waals surface area contributed by atoms with E-state index in [-0.39, 0.29) is 5.91 Å². The average molecular weight is 263 g/mol. The zero-order valence-corrected chi connectivity index (χ0v) is 12.6. The highest BCUT2D eigenvalue weighted by molar-refractivity contribution is 5.93. The lowest BCUT2D eigenvalue weighted by Gasteiger charge is -2.27. The summed E-state index contributed by atoms with van der Waals surface area (Å²) < 4.78 is 2.36. The van der Waals surface area contributed by atoms with E-state index in [1.807, 2.05) is 0 Å². The first kappa shape index (κ1) is 14.1. The molecule has 2 rings (SSSR count). The number of imidazole rings is 1. The molecule has 0 saturated carbocycles. The number of aryl methyl sites for hydroxylation is 1. The summed E-state index contributed by atoms with van der Waals surface area (Å²) in [4.78, 5) is 18.6. The Balaban J connectivity index is 2.49. The third-order valence-electron chi connectivity index (χ3n) is 3.95. The Morgan fingerprint density at radius 2 is 2.16 bits per heavy atom. The van der Waals surface area contributed by atoms with Crippen LogP contribution in [0.2, 0.25) is 0 Å². The maximum atomic E-state index is 12.3. The lowest BCUT2D eigenvalue weighted by Crippen LogP contribution is -2.25. The van der Waals surface area contributed by atoms with Crippen LogP contribution in [0.1, 0.15) is 67.6 Å². The molecule has 1 aromatic heterocycles. The average Bonchev–Trinajstić information content (AvgIpc) is 2.77. The summed E-state index contributed by atoms with van der Waals surface area (Å²) in [6.07, 6.45) is 6.53. The Labute approximate surface area is 115 Å². The lowest BCUT2D eigenvalue weighted by atomic mass is 9.99. The van der Waals surface area contributed by atoms with Gasteiger partial charge in [0.15, 0.2) is 0 Å². The number of nitrogens with zero attached hydrogens (tertiary/aromatic N) is 3. The summed E-state index contributed by atoms with van der Waals surface area (Å²) in [6, 6.07) is 0.529. The van der Waals surface area contributed by atoms with E-state index in [2.05, 4.69) is 23.4 Å². The second-order valence-corrected chi connectivity index (χ2v) is 5.60. The maximum Gasteiger partial charge on any atom is 0.273 e. The summed E-state index contributed by atoms with van der Waals surface area (Å²) in [6.45, 7) is 4.39. The van der Waals surface area contributed by atoms with E-state index in [1.54, 1.807) is 19.0 Å². The molecule has 0 aliphatic carbocycles. The highest BCUT2D eigenvalue weighted by Gasteiger charge is 2.28. The van der Waals surface area contributed by atoms with Gasteiger partial charge in [0.1, 0.15) is 11.5 Å². The smallest absolute Gasteiger partial charge is 0.273 e. The largest absolute Gasteiger partial charge is 0.343 e. The molecule has 1 unspecified atom stereocenters. The first-order valence-electron chi connectivity index (χ1n) is 7.41. The number of hydrogen-bond donors (Lipinski definition) is 0. The third kappa shape index (κ3) is 2.53. The molecular formula is C15H25N3O. The molecule has 19 heavy (non-hydrogen) atoms. The molecule has 1 atom stereocenters. The molecule has 0 spiro atoms. The van der Waals surface area contributed by atoms with Gasteiger partial charge in [-0.1, -0.05) is 13.8 Å². The fraction of sp³-hybridized carbons (Fsp3) is 0.733. The Hall–Kier alpha value is -1.32. The minimum absolute atomic E-state index is 0.0443. The molecule has 106 valence electrons. The molecule has 1 aliphatic heterocycles. The molecule has 1 aliphatic rings. The Morgan fingerprint density at radius 3 is 2.74 bits per heavy atom. The first-order valence-corrected chi connectivity index (χ1v) is 7.41. The molecule has 2 heterocycles. The summed E-state index contributed by atoms with van der Waals surface area (Å²) in [7, 11) is 3.60. The first-order chi connectivity index (χ1) is 9.10. The SMILES string of the molecule is CCCc1nc(C(=O)N(C)C)c2n1C(CC)CCC2. The number of amides is 1. The van der Waals surface area contributed by atoms with Crippen molar-refractivity contribution in [2.45, 2.75) is 58.4 Å². The van der Waals surface area contributed by atoms with Gasteiger partial charge in [0.2, 0.25) is 0 Å². The van der Waals surface area contributed by atoms with Crippen LogP contribution in [-0.4, -0.2) is 34.5 Å². The van der Waals surface area contributed by atoms with Gasteiger partial charge in [-0.15, -0.1) is 0 Å². The predicted octanol–water partition coefficient (Wildman–Crippen LogP) is 2.82. The van der Waals surface area contributed by atoms with Crippen LogP contribution in [0, 0.1) is 0 Å². The summed E-state index contributed by atoms with van der Waals surface area (Å²) >= 11 is 0. The van der Waals surface area contributed by atoms with Gasteiger partial charge in [0.25, 0.3) is 5.91 Å². The van der Waals surface area contributed by atoms with Crippen LogP contribution in [0.25, 0.3) is 0 Å². The molecule has 0 radical (unpaired) electrons. The molecule has 4 heteroatoms. The van der Waals surface area contributed by atoms with Gasteiger partial charge in [-0.25, -0.2) is 4.98 Å². The van der Waals surface area contributed by atoms with E-state index >= 15 is 0 Å². The maximum absolute atomic E-state index is 12.3. The molecule has 0 N–H and O–H groups in total. The van der Waals surface area contributed by atoms with E-state index in [0.29, 0.717) is 11.7 Å².